The summed E-state index contributed by atoms with van der Waals surface area (Å²) in [6.07, 6.45) is 8.04. The van der Waals surface area contributed by atoms with Crippen molar-refractivity contribution in [1.82, 2.24) is 19.4 Å². The maximum absolute atomic E-state index is 13.0. The van der Waals surface area contributed by atoms with Gasteiger partial charge in [-0.05, 0) is 24.8 Å². The van der Waals surface area contributed by atoms with Gasteiger partial charge in [0.1, 0.15) is 5.52 Å². The average Bonchev–Trinajstić information content (AvgIpc) is 2.74. The number of likely N-dealkylation sites (tertiary alicyclic amines) is 1. The van der Waals surface area contributed by atoms with Gasteiger partial charge in [-0.3, -0.25) is 4.79 Å². The third-order valence-electron chi connectivity index (χ3n) is 4.63. The summed E-state index contributed by atoms with van der Waals surface area (Å²) in [5.41, 5.74) is 2.25. The van der Waals surface area contributed by atoms with Crippen LogP contribution in [0.25, 0.3) is 11.2 Å². The van der Waals surface area contributed by atoms with E-state index >= 15 is 0 Å². The Morgan fingerprint density at radius 3 is 2.86 bits per heavy atom. The second kappa shape index (κ2) is 6.07. The maximum Gasteiger partial charge on any atom is 0.255 e. The number of carbonyl (C=O) groups is 1. The van der Waals surface area contributed by atoms with Gasteiger partial charge < -0.3 is 9.47 Å². The number of hydrogen-bond acceptors (Lipinski definition) is 3. The number of hydrogen-bond donors (Lipinski definition) is 0. The van der Waals surface area contributed by atoms with E-state index in [1.54, 1.807) is 12.5 Å². The van der Waals surface area contributed by atoms with Crippen LogP contribution in [0.4, 0.5) is 0 Å². The van der Waals surface area contributed by atoms with Crippen molar-refractivity contribution in [3.8, 4) is 0 Å². The first-order valence-electron chi connectivity index (χ1n) is 8.16. The van der Waals surface area contributed by atoms with Gasteiger partial charge in [-0.15, -0.1) is 0 Å². The van der Waals surface area contributed by atoms with Crippen LogP contribution in [0.5, 0.6) is 0 Å². The first-order valence-corrected chi connectivity index (χ1v) is 8.16. The van der Waals surface area contributed by atoms with E-state index in [9.17, 15) is 4.79 Å². The van der Waals surface area contributed by atoms with Crippen LogP contribution >= 0.6 is 0 Å². The third kappa shape index (κ3) is 2.72. The molecule has 0 spiro atoms. The highest BCUT2D eigenvalue weighted by Gasteiger charge is 2.28. The molecule has 0 N–H and O–H groups in total. The molecule has 0 unspecified atom stereocenters. The minimum atomic E-state index is 0.0978. The molecule has 0 aliphatic carbocycles. The lowest BCUT2D eigenvalue weighted by Crippen LogP contribution is -2.42. The van der Waals surface area contributed by atoms with Gasteiger partial charge in [-0.2, -0.15) is 0 Å². The molecule has 22 heavy (non-hydrogen) atoms. The van der Waals surface area contributed by atoms with Crippen molar-refractivity contribution < 1.29 is 4.79 Å². The van der Waals surface area contributed by atoms with Gasteiger partial charge in [0.15, 0.2) is 5.65 Å². The molecule has 0 aromatic carbocycles. The summed E-state index contributed by atoms with van der Waals surface area (Å²) < 4.78 is 1.87. The molecule has 2 aromatic rings. The van der Waals surface area contributed by atoms with Gasteiger partial charge in [0, 0.05) is 25.8 Å². The molecule has 2 aromatic heterocycles. The summed E-state index contributed by atoms with van der Waals surface area (Å²) >= 11 is 0. The van der Waals surface area contributed by atoms with Crippen molar-refractivity contribution in [3.05, 3.63) is 24.2 Å². The summed E-state index contributed by atoms with van der Waals surface area (Å²) in [6, 6.07) is 2.20. The fraction of sp³-hybridized carbons (Fsp3) is 0.588. The van der Waals surface area contributed by atoms with Gasteiger partial charge in [-0.1, -0.05) is 26.7 Å². The first kappa shape index (κ1) is 15.0. The quantitative estimate of drug-likeness (QED) is 0.856. The number of aryl methyl sites for hydroxylation is 1. The Bertz CT molecular complexity index is 676. The fourth-order valence-corrected chi connectivity index (χ4v) is 3.38. The van der Waals surface area contributed by atoms with Crippen LogP contribution in [0.1, 0.15) is 49.9 Å². The van der Waals surface area contributed by atoms with Gasteiger partial charge in [-0.25, -0.2) is 9.97 Å². The molecule has 3 heterocycles. The Labute approximate surface area is 131 Å². The van der Waals surface area contributed by atoms with Crippen molar-refractivity contribution in [2.45, 2.75) is 45.6 Å². The Morgan fingerprint density at radius 2 is 2.09 bits per heavy atom. The van der Waals surface area contributed by atoms with E-state index in [1.807, 2.05) is 17.7 Å². The third-order valence-corrected chi connectivity index (χ3v) is 4.63. The van der Waals surface area contributed by atoms with E-state index in [4.69, 9.17) is 0 Å². The Balaban J connectivity index is 1.92. The van der Waals surface area contributed by atoms with Crippen molar-refractivity contribution in [2.24, 2.45) is 13.0 Å². The van der Waals surface area contributed by atoms with E-state index in [-0.39, 0.29) is 5.91 Å². The van der Waals surface area contributed by atoms with E-state index in [0.29, 0.717) is 17.5 Å². The minimum absolute atomic E-state index is 0.0978. The zero-order valence-corrected chi connectivity index (χ0v) is 13.6. The Hall–Kier alpha value is -1.91. The zero-order valence-electron chi connectivity index (χ0n) is 13.6. The Kier molecular flexibility index (Phi) is 4.14. The molecule has 0 radical (unpaired) electrons. The predicted octanol–water partition coefficient (Wildman–Crippen LogP) is 3.01. The molecule has 0 saturated carbocycles. The van der Waals surface area contributed by atoms with Crippen LogP contribution in [0.15, 0.2) is 18.6 Å². The zero-order chi connectivity index (χ0) is 15.7. The number of aromatic nitrogens is 3. The monoisotopic (exact) mass is 300 g/mol. The molecule has 1 saturated heterocycles. The van der Waals surface area contributed by atoms with Gasteiger partial charge in [0.25, 0.3) is 5.91 Å². The molecule has 0 bridgehead atoms. The van der Waals surface area contributed by atoms with Gasteiger partial charge >= 0.3 is 0 Å². The summed E-state index contributed by atoms with van der Waals surface area (Å²) in [6.45, 7) is 5.26. The molecule has 118 valence electrons. The SMILES string of the molecule is CC(C)[C@@H]1CCCCCN1C(=O)c1cnc2c(c1)ncn2C. The molecule has 5 heteroatoms. The normalized spacial score (nSPS) is 19.6. The number of carbonyl (C=O) groups excluding carboxylic acids is 1. The fourth-order valence-electron chi connectivity index (χ4n) is 3.38. The number of amides is 1. The standard InChI is InChI=1S/C17H24N4O/c1-12(2)15-7-5-4-6-8-21(15)17(22)13-9-14-16(18-10-13)20(3)11-19-14/h9-12,15H,4-8H2,1-3H3/t15-/m0/s1. The molecular formula is C17H24N4O. The van der Waals surface area contributed by atoms with Crippen LogP contribution < -0.4 is 0 Å². The van der Waals surface area contributed by atoms with Crippen molar-refractivity contribution in [1.29, 1.82) is 0 Å². The highest BCUT2D eigenvalue weighted by molar-refractivity contribution is 5.96. The molecule has 1 amide bonds. The maximum atomic E-state index is 13.0. The predicted molar refractivity (Wildman–Crippen MR) is 86.6 cm³/mol. The summed E-state index contributed by atoms with van der Waals surface area (Å²) in [5, 5.41) is 0. The van der Waals surface area contributed by atoms with E-state index in [0.717, 1.165) is 30.6 Å². The molecule has 5 nitrogen and oxygen atoms in total. The van der Waals surface area contributed by atoms with Crippen LogP contribution in [0.3, 0.4) is 0 Å². The number of imidazole rings is 1. The van der Waals surface area contributed by atoms with Crippen molar-refractivity contribution in [2.75, 3.05) is 6.54 Å². The van der Waals surface area contributed by atoms with E-state index in [1.165, 1.54) is 12.8 Å². The van der Waals surface area contributed by atoms with Crippen LogP contribution in [-0.2, 0) is 7.05 Å². The lowest BCUT2D eigenvalue weighted by molar-refractivity contribution is 0.0631. The van der Waals surface area contributed by atoms with E-state index < -0.39 is 0 Å². The lowest BCUT2D eigenvalue weighted by Gasteiger charge is -2.33. The summed E-state index contributed by atoms with van der Waals surface area (Å²) in [7, 11) is 1.91. The second-order valence-corrected chi connectivity index (χ2v) is 6.58. The lowest BCUT2D eigenvalue weighted by atomic mass is 9.97. The smallest absolute Gasteiger partial charge is 0.255 e. The molecule has 3 rings (SSSR count). The van der Waals surface area contributed by atoms with E-state index in [2.05, 4.69) is 28.7 Å². The molecule has 1 atom stereocenters. The average molecular weight is 300 g/mol. The van der Waals surface area contributed by atoms with Crippen LogP contribution in [0.2, 0.25) is 0 Å². The van der Waals surface area contributed by atoms with Gasteiger partial charge in [0.05, 0.1) is 11.9 Å². The minimum Gasteiger partial charge on any atom is -0.335 e. The molecule has 1 fully saturated rings. The number of fused-ring (bicyclic) bond motifs is 1. The number of pyridine rings is 1. The van der Waals surface area contributed by atoms with Crippen LogP contribution in [-0.4, -0.2) is 37.9 Å². The first-order chi connectivity index (χ1) is 10.6. The summed E-state index contributed by atoms with van der Waals surface area (Å²) in [4.78, 5) is 23.7. The van der Waals surface area contributed by atoms with Crippen LogP contribution in [0, 0.1) is 5.92 Å². The van der Waals surface area contributed by atoms with Crippen molar-refractivity contribution in [3.63, 3.8) is 0 Å². The van der Waals surface area contributed by atoms with Gasteiger partial charge in [0.2, 0.25) is 0 Å². The largest absolute Gasteiger partial charge is 0.335 e. The summed E-state index contributed by atoms with van der Waals surface area (Å²) in [5.74, 6) is 0.578. The number of nitrogens with zero attached hydrogens (tertiary/aromatic N) is 4. The Morgan fingerprint density at radius 1 is 1.27 bits per heavy atom. The molecule has 1 aliphatic rings. The highest BCUT2D eigenvalue weighted by Crippen LogP contribution is 2.24. The molecule has 1 aliphatic heterocycles. The van der Waals surface area contributed by atoms with Crippen molar-refractivity contribution >= 4 is 17.1 Å². The number of rotatable bonds is 2. The molecular weight excluding hydrogens is 276 g/mol. The topological polar surface area (TPSA) is 51.0 Å². The highest BCUT2D eigenvalue weighted by atomic mass is 16.2. The second-order valence-electron chi connectivity index (χ2n) is 6.58.